The van der Waals surface area contributed by atoms with Crippen LogP contribution in [-0.2, 0) is 0 Å². The van der Waals surface area contributed by atoms with Crippen molar-refractivity contribution >= 4 is 17.0 Å². The van der Waals surface area contributed by atoms with Crippen LogP contribution < -0.4 is 5.73 Å². The van der Waals surface area contributed by atoms with Crippen molar-refractivity contribution in [3.8, 4) is 5.69 Å². The second-order valence-corrected chi connectivity index (χ2v) is 4.44. The van der Waals surface area contributed by atoms with E-state index in [1.54, 1.807) is 12.4 Å². The van der Waals surface area contributed by atoms with Crippen molar-refractivity contribution in [2.75, 3.05) is 5.73 Å². The fraction of sp³-hybridized carbons (Fsp3) is 0.143. The summed E-state index contributed by atoms with van der Waals surface area (Å²) < 4.78 is 1.95. The van der Waals surface area contributed by atoms with Gasteiger partial charge in [0.2, 0.25) is 5.95 Å². The highest BCUT2D eigenvalue weighted by Crippen LogP contribution is 2.23. The smallest absolute Gasteiger partial charge is 0.205 e. The standard InChI is InChI=1S/C14H14N4/c1-9-3-4-11(7-10(9)2)18-13-5-6-16-8-12(13)17-14(18)15/h3-8H,1-2H3,(H2,15,17). The molecule has 2 heterocycles. The number of aromatic nitrogens is 3. The molecule has 0 atom stereocenters. The SMILES string of the molecule is Cc1ccc(-n2c(N)nc3cnccc32)cc1C. The van der Waals surface area contributed by atoms with Crippen LogP contribution in [0.2, 0.25) is 0 Å². The van der Waals surface area contributed by atoms with Crippen LogP contribution in [0.4, 0.5) is 5.95 Å². The maximum Gasteiger partial charge on any atom is 0.205 e. The fourth-order valence-electron chi connectivity index (χ4n) is 2.09. The van der Waals surface area contributed by atoms with Gasteiger partial charge in [0, 0.05) is 11.9 Å². The second-order valence-electron chi connectivity index (χ2n) is 4.44. The molecule has 90 valence electrons. The molecular weight excluding hydrogens is 224 g/mol. The number of imidazole rings is 1. The molecule has 0 radical (unpaired) electrons. The van der Waals surface area contributed by atoms with E-state index in [0.717, 1.165) is 16.7 Å². The lowest BCUT2D eigenvalue weighted by molar-refractivity contribution is 1.10. The third kappa shape index (κ3) is 1.54. The van der Waals surface area contributed by atoms with Crippen molar-refractivity contribution in [2.45, 2.75) is 13.8 Å². The lowest BCUT2D eigenvalue weighted by atomic mass is 10.1. The summed E-state index contributed by atoms with van der Waals surface area (Å²) in [5.41, 5.74) is 11.3. The average Bonchev–Trinajstić information content (AvgIpc) is 2.69. The van der Waals surface area contributed by atoms with E-state index >= 15 is 0 Å². The average molecular weight is 238 g/mol. The van der Waals surface area contributed by atoms with Gasteiger partial charge in [0.25, 0.3) is 0 Å². The lowest BCUT2D eigenvalue weighted by Gasteiger charge is -2.08. The number of hydrogen-bond donors (Lipinski definition) is 1. The van der Waals surface area contributed by atoms with E-state index in [2.05, 4.69) is 42.0 Å². The third-order valence-electron chi connectivity index (χ3n) is 3.23. The summed E-state index contributed by atoms with van der Waals surface area (Å²) in [5, 5.41) is 0. The first-order valence-electron chi connectivity index (χ1n) is 5.82. The summed E-state index contributed by atoms with van der Waals surface area (Å²) in [6.07, 6.45) is 3.48. The molecule has 0 spiro atoms. The zero-order valence-corrected chi connectivity index (χ0v) is 10.4. The predicted octanol–water partition coefficient (Wildman–Crippen LogP) is 2.62. The molecule has 0 amide bonds. The molecule has 0 aliphatic heterocycles. The minimum absolute atomic E-state index is 0.487. The Morgan fingerprint density at radius 1 is 1.11 bits per heavy atom. The molecule has 0 unspecified atom stereocenters. The number of pyridine rings is 1. The third-order valence-corrected chi connectivity index (χ3v) is 3.23. The van der Waals surface area contributed by atoms with E-state index in [1.807, 2.05) is 10.6 Å². The van der Waals surface area contributed by atoms with Crippen LogP contribution in [0.1, 0.15) is 11.1 Å². The Morgan fingerprint density at radius 3 is 2.72 bits per heavy atom. The molecule has 4 heteroatoms. The first-order chi connectivity index (χ1) is 8.66. The maximum atomic E-state index is 6.00. The first-order valence-corrected chi connectivity index (χ1v) is 5.82. The molecule has 0 fully saturated rings. The zero-order chi connectivity index (χ0) is 12.7. The summed E-state index contributed by atoms with van der Waals surface area (Å²) in [6, 6.07) is 8.19. The molecule has 2 aromatic heterocycles. The van der Waals surface area contributed by atoms with Gasteiger partial charge < -0.3 is 5.73 Å². The number of nitrogens with two attached hydrogens (primary N) is 1. The normalized spacial score (nSPS) is 11.0. The minimum atomic E-state index is 0.487. The van der Waals surface area contributed by atoms with Gasteiger partial charge in [0.1, 0.15) is 5.52 Å². The quantitative estimate of drug-likeness (QED) is 0.709. The van der Waals surface area contributed by atoms with Gasteiger partial charge in [-0.05, 0) is 43.2 Å². The van der Waals surface area contributed by atoms with E-state index in [9.17, 15) is 0 Å². The number of nitrogen functional groups attached to an aromatic ring is 1. The van der Waals surface area contributed by atoms with Crippen LogP contribution in [0.5, 0.6) is 0 Å². The van der Waals surface area contributed by atoms with Crippen molar-refractivity contribution in [1.82, 2.24) is 14.5 Å². The van der Waals surface area contributed by atoms with Gasteiger partial charge in [-0.2, -0.15) is 0 Å². The molecule has 3 rings (SSSR count). The fourth-order valence-corrected chi connectivity index (χ4v) is 2.09. The number of anilines is 1. The summed E-state index contributed by atoms with van der Waals surface area (Å²) >= 11 is 0. The maximum absolute atomic E-state index is 6.00. The van der Waals surface area contributed by atoms with E-state index in [0.29, 0.717) is 5.95 Å². The lowest BCUT2D eigenvalue weighted by Crippen LogP contribution is -2.01. The molecule has 0 bridgehead atoms. The van der Waals surface area contributed by atoms with Gasteiger partial charge >= 0.3 is 0 Å². The molecule has 0 aliphatic rings. The summed E-state index contributed by atoms with van der Waals surface area (Å²) in [7, 11) is 0. The van der Waals surface area contributed by atoms with Gasteiger partial charge in [-0.1, -0.05) is 6.07 Å². The largest absolute Gasteiger partial charge is 0.369 e. The van der Waals surface area contributed by atoms with Crippen molar-refractivity contribution in [1.29, 1.82) is 0 Å². The van der Waals surface area contributed by atoms with Crippen LogP contribution in [0.3, 0.4) is 0 Å². The summed E-state index contributed by atoms with van der Waals surface area (Å²) in [4.78, 5) is 8.38. The summed E-state index contributed by atoms with van der Waals surface area (Å²) in [5.74, 6) is 0.487. The molecule has 3 aromatic rings. The molecule has 1 aromatic carbocycles. The van der Waals surface area contributed by atoms with Gasteiger partial charge in [0.05, 0.1) is 11.7 Å². The van der Waals surface area contributed by atoms with Crippen LogP contribution in [0.25, 0.3) is 16.7 Å². The zero-order valence-electron chi connectivity index (χ0n) is 10.4. The van der Waals surface area contributed by atoms with Crippen LogP contribution in [0, 0.1) is 13.8 Å². The van der Waals surface area contributed by atoms with Crippen molar-refractivity contribution in [3.63, 3.8) is 0 Å². The highest BCUT2D eigenvalue weighted by Gasteiger charge is 2.09. The highest BCUT2D eigenvalue weighted by atomic mass is 15.2. The molecule has 0 saturated heterocycles. The molecule has 18 heavy (non-hydrogen) atoms. The Balaban J connectivity index is 2.30. The Labute approximate surface area is 105 Å². The number of benzene rings is 1. The van der Waals surface area contributed by atoms with Gasteiger partial charge in [-0.3, -0.25) is 9.55 Å². The van der Waals surface area contributed by atoms with E-state index < -0.39 is 0 Å². The Morgan fingerprint density at radius 2 is 1.94 bits per heavy atom. The van der Waals surface area contributed by atoms with Gasteiger partial charge in [0.15, 0.2) is 0 Å². The Bertz CT molecular complexity index is 728. The van der Waals surface area contributed by atoms with Crippen LogP contribution in [-0.4, -0.2) is 14.5 Å². The molecule has 4 nitrogen and oxygen atoms in total. The van der Waals surface area contributed by atoms with E-state index in [4.69, 9.17) is 5.73 Å². The van der Waals surface area contributed by atoms with Crippen molar-refractivity contribution in [3.05, 3.63) is 47.8 Å². The number of fused-ring (bicyclic) bond motifs is 1. The van der Waals surface area contributed by atoms with Crippen molar-refractivity contribution in [2.24, 2.45) is 0 Å². The first kappa shape index (κ1) is 10.8. The van der Waals surface area contributed by atoms with Crippen molar-refractivity contribution < 1.29 is 0 Å². The predicted molar refractivity (Wildman–Crippen MR) is 72.8 cm³/mol. The van der Waals surface area contributed by atoms with Crippen LogP contribution in [0.15, 0.2) is 36.7 Å². The second kappa shape index (κ2) is 3.84. The minimum Gasteiger partial charge on any atom is -0.369 e. The number of hydrogen-bond acceptors (Lipinski definition) is 3. The topological polar surface area (TPSA) is 56.7 Å². The van der Waals surface area contributed by atoms with E-state index in [1.165, 1.54) is 11.1 Å². The number of nitrogens with zero attached hydrogens (tertiary/aromatic N) is 3. The Hall–Kier alpha value is -2.36. The van der Waals surface area contributed by atoms with Gasteiger partial charge in [-0.25, -0.2) is 4.98 Å². The van der Waals surface area contributed by atoms with Gasteiger partial charge in [-0.15, -0.1) is 0 Å². The van der Waals surface area contributed by atoms with Crippen LogP contribution >= 0.6 is 0 Å². The van der Waals surface area contributed by atoms with E-state index in [-0.39, 0.29) is 0 Å². The number of rotatable bonds is 1. The Kier molecular flexibility index (Phi) is 2.30. The molecule has 0 aliphatic carbocycles. The summed E-state index contributed by atoms with van der Waals surface area (Å²) in [6.45, 7) is 4.19. The number of aryl methyl sites for hydroxylation is 2. The molecule has 2 N–H and O–H groups in total. The molecular formula is C14H14N4. The monoisotopic (exact) mass is 238 g/mol. The molecule has 0 saturated carbocycles. The highest BCUT2D eigenvalue weighted by molar-refractivity contribution is 5.79.